The van der Waals surface area contributed by atoms with Gasteiger partial charge in [0.05, 0.1) is 23.8 Å². The largest absolute Gasteiger partial charge is 0.490 e. The van der Waals surface area contributed by atoms with Crippen molar-refractivity contribution < 1.29 is 14.6 Å². The Kier molecular flexibility index (Phi) is 3.84. The van der Waals surface area contributed by atoms with Crippen molar-refractivity contribution in [1.29, 1.82) is 0 Å². The minimum Gasteiger partial charge on any atom is -0.490 e. The molecular weight excluding hydrogens is 298 g/mol. The van der Waals surface area contributed by atoms with Gasteiger partial charge in [-0.1, -0.05) is 0 Å². The lowest BCUT2D eigenvalue weighted by Crippen LogP contribution is -2.39. The molecule has 0 aliphatic carbocycles. The predicted octanol–water partition coefficient (Wildman–Crippen LogP) is 2.38. The van der Waals surface area contributed by atoms with Crippen LogP contribution in [0.3, 0.4) is 0 Å². The van der Waals surface area contributed by atoms with Crippen molar-refractivity contribution >= 4 is 15.9 Å². The molecule has 5 heteroatoms. The normalized spacial score (nSPS) is 17.2. The van der Waals surface area contributed by atoms with E-state index >= 15 is 0 Å². The molecule has 100 valence electrons. The minimum absolute atomic E-state index is 0.616. The third-order valence-corrected chi connectivity index (χ3v) is 3.43. The molecule has 2 rings (SSSR count). The maximum atomic E-state index is 10.2. The number of fused-ring (bicyclic) bond motifs is 1. The van der Waals surface area contributed by atoms with Gasteiger partial charge in [-0.3, -0.25) is 0 Å². The Morgan fingerprint density at radius 2 is 2.00 bits per heavy atom. The molecule has 1 unspecified atom stereocenters. The first-order valence-electron chi connectivity index (χ1n) is 5.95. The zero-order valence-electron chi connectivity index (χ0n) is 10.6. The Balaban J connectivity index is 2.40. The molecule has 0 amide bonds. The monoisotopic (exact) mass is 315 g/mol. The number of aliphatic hydroxyl groups is 1. The van der Waals surface area contributed by atoms with Crippen LogP contribution < -0.4 is 15.2 Å². The van der Waals surface area contributed by atoms with E-state index < -0.39 is 11.6 Å². The lowest BCUT2D eigenvalue weighted by Gasteiger charge is -2.27. The van der Waals surface area contributed by atoms with Gasteiger partial charge in [-0.05, 0) is 47.5 Å². The molecule has 1 aromatic rings. The highest BCUT2D eigenvalue weighted by Crippen LogP contribution is 2.40. The van der Waals surface area contributed by atoms with Crippen LogP contribution in [-0.4, -0.2) is 23.9 Å². The van der Waals surface area contributed by atoms with E-state index in [9.17, 15) is 5.11 Å². The summed E-state index contributed by atoms with van der Waals surface area (Å²) in [5, 5.41) is 10.2. The summed E-state index contributed by atoms with van der Waals surface area (Å²) < 4.78 is 12.0. The van der Waals surface area contributed by atoms with E-state index in [1.807, 2.05) is 6.07 Å². The lowest BCUT2D eigenvalue weighted by molar-refractivity contribution is 0.104. The van der Waals surface area contributed by atoms with Crippen molar-refractivity contribution in [3.05, 3.63) is 22.2 Å². The van der Waals surface area contributed by atoms with Crippen molar-refractivity contribution in [2.75, 3.05) is 13.2 Å². The Hall–Kier alpha value is -0.780. The number of nitrogens with two attached hydrogens (primary N) is 1. The Bertz CT molecular complexity index is 443. The number of aliphatic hydroxyl groups excluding tert-OH is 1. The van der Waals surface area contributed by atoms with Crippen LogP contribution in [0.1, 0.15) is 31.9 Å². The number of hydrogen-bond acceptors (Lipinski definition) is 4. The smallest absolute Gasteiger partial charge is 0.175 e. The van der Waals surface area contributed by atoms with Crippen molar-refractivity contribution in [1.82, 2.24) is 0 Å². The average Bonchev–Trinajstić information content (AvgIpc) is 2.52. The molecule has 1 aliphatic rings. The molecule has 3 N–H and O–H groups in total. The second-order valence-electron chi connectivity index (χ2n) is 5.10. The molecule has 0 bridgehead atoms. The van der Waals surface area contributed by atoms with Gasteiger partial charge in [0.25, 0.3) is 0 Å². The van der Waals surface area contributed by atoms with Gasteiger partial charge < -0.3 is 20.3 Å². The highest BCUT2D eigenvalue weighted by molar-refractivity contribution is 9.10. The molecule has 4 nitrogen and oxygen atoms in total. The van der Waals surface area contributed by atoms with Crippen molar-refractivity contribution in [3.8, 4) is 11.5 Å². The molecular formula is C13H18BrNO3. The van der Waals surface area contributed by atoms with E-state index in [0.29, 0.717) is 24.7 Å². The van der Waals surface area contributed by atoms with Crippen LogP contribution in [-0.2, 0) is 0 Å². The number of ether oxygens (including phenoxy) is 2. The summed E-state index contributed by atoms with van der Waals surface area (Å²) in [6, 6.07) is 3.62. The standard InChI is InChI=1S/C13H18BrNO3/c1-13(2,15)12(16)8-6-9(14)11-10(7-8)17-4-3-5-18-11/h6-7,12,16H,3-5,15H2,1-2H3. The summed E-state index contributed by atoms with van der Waals surface area (Å²) in [5.41, 5.74) is 5.94. The maximum absolute atomic E-state index is 10.2. The second kappa shape index (κ2) is 5.07. The van der Waals surface area contributed by atoms with E-state index in [-0.39, 0.29) is 0 Å². The highest BCUT2D eigenvalue weighted by atomic mass is 79.9. The van der Waals surface area contributed by atoms with Crippen molar-refractivity contribution in [3.63, 3.8) is 0 Å². The van der Waals surface area contributed by atoms with E-state index in [1.54, 1.807) is 19.9 Å². The molecule has 0 spiro atoms. The van der Waals surface area contributed by atoms with Crippen molar-refractivity contribution in [2.45, 2.75) is 31.9 Å². The third kappa shape index (κ3) is 2.79. The van der Waals surface area contributed by atoms with E-state index in [2.05, 4.69) is 15.9 Å². The molecule has 0 radical (unpaired) electrons. The zero-order valence-corrected chi connectivity index (χ0v) is 12.2. The third-order valence-electron chi connectivity index (χ3n) is 2.84. The zero-order chi connectivity index (χ0) is 13.3. The average molecular weight is 316 g/mol. The van der Waals surface area contributed by atoms with E-state index in [4.69, 9.17) is 15.2 Å². The van der Waals surface area contributed by atoms with Crippen LogP contribution in [0.15, 0.2) is 16.6 Å². The number of hydrogen-bond donors (Lipinski definition) is 2. The van der Waals surface area contributed by atoms with Crippen molar-refractivity contribution in [2.24, 2.45) is 5.73 Å². The first-order valence-corrected chi connectivity index (χ1v) is 6.75. The van der Waals surface area contributed by atoms with Crippen LogP contribution in [0.4, 0.5) is 0 Å². The first kappa shape index (κ1) is 13.6. The summed E-state index contributed by atoms with van der Waals surface area (Å²) in [6.07, 6.45) is 0.0902. The van der Waals surface area contributed by atoms with Gasteiger partial charge in [-0.25, -0.2) is 0 Å². The fourth-order valence-electron chi connectivity index (χ4n) is 1.84. The van der Waals surface area contributed by atoms with E-state index in [1.165, 1.54) is 0 Å². The number of benzene rings is 1. The van der Waals surface area contributed by atoms with Gasteiger partial charge in [0.2, 0.25) is 0 Å². The van der Waals surface area contributed by atoms with Gasteiger partial charge in [-0.15, -0.1) is 0 Å². The number of halogens is 1. The minimum atomic E-state index is -0.758. The van der Waals surface area contributed by atoms with Gasteiger partial charge in [0.1, 0.15) is 0 Å². The van der Waals surface area contributed by atoms with E-state index in [0.717, 1.165) is 16.5 Å². The number of rotatable bonds is 2. The summed E-state index contributed by atoms with van der Waals surface area (Å²) in [4.78, 5) is 0. The SMILES string of the molecule is CC(C)(N)C(O)c1cc(Br)c2c(c1)OCCCO2. The van der Waals surface area contributed by atoms with Crippen LogP contribution in [0, 0.1) is 0 Å². The quantitative estimate of drug-likeness (QED) is 0.879. The van der Waals surface area contributed by atoms with Gasteiger partial charge in [-0.2, -0.15) is 0 Å². The van der Waals surface area contributed by atoms with Gasteiger partial charge >= 0.3 is 0 Å². The molecule has 0 fully saturated rings. The maximum Gasteiger partial charge on any atom is 0.175 e. The molecule has 1 aromatic carbocycles. The fourth-order valence-corrected chi connectivity index (χ4v) is 2.41. The van der Waals surface area contributed by atoms with Crippen LogP contribution in [0.5, 0.6) is 11.5 Å². The molecule has 1 heterocycles. The van der Waals surface area contributed by atoms with Gasteiger partial charge in [0.15, 0.2) is 11.5 Å². The molecule has 0 aromatic heterocycles. The molecule has 1 aliphatic heterocycles. The summed E-state index contributed by atoms with van der Waals surface area (Å²) >= 11 is 3.45. The summed E-state index contributed by atoms with van der Waals surface area (Å²) in [7, 11) is 0. The first-order chi connectivity index (χ1) is 8.39. The second-order valence-corrected chi connectivity index (χ2v) is 5.96. The lowest BCUT2D eigenvalue weighted by atomic mass is 9.92. The molecule has 0 saturated carbocycles. The van der Waals surface area contributed by atoms with Crippen LogP contribution in [0.25, 0.3) is 0 Å². The van der Waals surface area contributed by atoms with Gasteiger partial charge in [0, 0.05) is 12.0 Å². The van der Waals surface area contributed by atoms with Crippen LogP contribution in [0.2, 0.25) is 0 Å². The summed E-state index contributed by atoms with van der Waals surface area (Å²) in [5.74, 6) is 1.35. The Morgan fingerprint density at radius 1 is 1.33 bits per heavy atom. The van der Waals surface area contributed by atoms with Crippen LogP contribution >= 0.6 is 15.9 Å². The Morgan fingerprint density at radius 3 is 2.67 bits per heavy atom. The summed E-state index contributed by atoms with van der Waals surface area (Å²) in [6.45, 7) is 4.82. The Labute approximate surface area is 115 Å². The molecule has 18 heavy (non-hydrogen) atoms. The molecule has 1 atom stereocenters. The highest BCUT2D eigenvalue weighted by Gasteiger charge is 2.27. The fraction of sp³-hybridized carbons (Fsp3) is 0.538. The molecule has 0 saturated heterocycles. The predicted molar refractivity (Wildman–Crippen MR) is 73.0 cm³/mol. The topological polar surface area (TPSA) is 64.7 Å².